The molecule has 0 amide bonds. The van der Waals surface area contributed by atoms with Crippen molar-refractivity contribution in [3.8, 4) is 0 Å². The molecule has 0 bridgehead atoms. The quantitative estimate of drug-likeness (QED) is 0.0274. The van der Waals surface area contributed by atoms with E-state index in [0.29, 0.717) is 6.42 Å². The summed E-state index contributed by atoms with van der Waals surface area (Å²) in [5.41, 5.74) is 0. The number of unbranched alkanes of at least 4 members (excludes halogenated alkanes) is 24. The third kappa shape index (κ3) is 42.9. The maximum absolute atomic E-state index is 12.4. The standard InChI is InChI=1S/C44H81O8P/c1-3-5-7-9-11-13-15-17-19-21-22-23-25-26-28-30-32-34-36-38-43(45)50-40-42(41-51-53(47,48)49)52-44(46)39-37-35-33-31-29-27-24-20-18-16-14-12-10-8-6-4-2/h14,16-17,19-20,24,42H,3-13,15,18,21-23,25-41H2,1-2H3,(H2,47,48,49)/b16-14-,19-17-,24-20-. The smallest absolute Gasteiger partial charge is 0.462 e. The Kier molecular flexibility index (Phi) is 38.6. The Morgan fingerprint density at radius 1 is 0.491 bits per heavy atom. The minimum atomic E-state index is -4.76. The van der Waals surface area contributed by atoms with Crippen LogP contribution in [0.1, 0.15) is 213 Å². The van der Waals surface area contributed by atoms with Crippen LogP contribution in [0.5, 0.6) is 0 Å². The minimum absolute atomic E-state index is 0.196. The lowest BCUT2D eigenvalue weighted by Gasteiger charge is -2.18. The van der Waals surface area contributed by atoms with E-state index in [4.69, 9.17) is 19.3 Å². The second-order valence-corrected chi connectivity index (χ2v) is 15.9. The molecule has 0 fully saturated rings. The molecule has 0 saturated carbocycles. The first-order valence-electron chi connectivity index (χ1n) is 21.8. The number of phosphoric acid groups is 1. The second-order valence-electron chi connectivity index (χ2n) is 14.7. The fourth-order valence-electron chi connectivity index (χ4n) is 6.10. The van der Waals surface area contributed by atoms with Crippen molar-refractivity contribution in [2.75, 3.05) is 13.2 Å². The molecule has 8 nitrogen and oxygen atoms in total. The van der Waals surface area contributed by atoms with Crippen LogP contribution < -0.4 is 0 Å². The van der Waals surface area contributed by atoms with Crippen LogP contribution in [0.25, 0.3) is 0 Å². The van der Waals surface area contributed by atoms with Crippen LogP contribution in [-0.4, -0.2) is 41.0 Å². The van der Waals surface area contributed by atoms with Crippen LogP contribution in [-0.2, 0) is 28.2 Å². The van der Waals surface area contributed by atoms with Gasteiger partial charge >= 0.3 is 19.8 Å². The maximum atomic E-state index is 12.4. The molecule has 0 saturated heterocycles. The molecule has 1 unspecified atom stereocenters. The zero-order valence-corrected chi connectivity index (χ0v) is 35.1. The Labute approximate surface area is 325 Å². The SMILES string of the molecule is CCCCCC/C=C\C/C=C\CCCCCCCC(=O)OC(COC(=O)CCCCCCCCCCC/C=C\CCCCCCCC)COP(=O)(O)O. The zero-order valence-electron chi connectivity index (χ0n) is 34.2. The average Bonchev–Trinajstić information content (AvgIpc) is 3.13. The van der Waals surface area contributed by atoms with Gasteiger partial charge in [-0.25, -0.2) is 4.57 Å². The molecule has 53 heavy (non-hydrogen) atoms. The summed E-state index contributed by atoms with van der Waals surface area (Å²) in [6, 6.07) is 0. The van der Waals surface area contributed by atoms with Crippen LogP contribution in [0.2, 0.25) is 0 Å². The fourth-order valence-corrected chi connectivity index (χ4v) is 6.46. The summed E-state index contributed by atoms with van der Waals surface area (Å²) in [5, 5.41) is 0. The molecule has 0 aliphatic heterocycles. The van der Waals surface area contributed by atoms with E-state index in [0.717, 1.165) is 57.8 Å². The van der Waals surface area contributed by atoms with Gasteiger partial charge in [0.2, 0.25) is 0 Å². The predicted octanol–water partition coefficient (Wildman–Crippen LogP) is 13.4. The molecule has 0 rings (SSSR count). The van der Waals surface area contributed by atoms with E-state index in [9.17, 15) is 14.2 Å². The monoisotopic (exact) mass is 769 g/mol. The van der Waals surface area contributed by atoms with E-state index in [1.807, 2.05) is 0 Å². The first kappa shape index (κ1) is 51.3. The van der Waals surface area contributed by atoms with Crippen LogP contribution in [0, 0.1) is 0 Å². The van der Waals surface area contributed by atoms with Gasteiger partial charge in [0.15, 0.2) is 6.10 Å². The van der Waals surface area contributed by atoms with Crippen molar-refractivity contribution in [3.05, 3.63) is 36.5 Å². The van der Waals surface area contributed by atoms with Gasteiger partial charge in [0, 0.05) is 12.8 Å². The van der Waals surface area contributed by atoms with E-state index in [1.54, 1.807) is 0 Å². The van der Waals surface area contributed by atoms with Crippen molar-refractivity contribution in [3.63, 3.8) is 0 Å². The highest BCUT2D eigenvalue weighted by molar-refractivity contribution is 7.46. The van der Waals surface area contributed by atoms with E-state index in [1.165, 1.54) is 122 Å². The summed E-state index contributed by atoms with van der Waals surface area (Å²) < 4.78 is 26.4. The van der Waals surface area contributed by atoms with Crippen molar-refractivity contribution < 1.29 is 37.9 Å². The van der Waals surface area contributed by atoms with Gasteiger partial charge in [0.05, 0.1) is 6.61 Å². The number of carbonyl (C=O) groups is 2. The topological polar surface area (TPSA) is 119 Å². The summed E-state index contributed by atoms with van der Waals surface area (Å²) in [5.74, 6) is -0.898. The van der Waals surface area contributed by atoms with Gasteiger partial charge in [-0.15, -0.1) is 0 Å². The molecule has 2 N–H and O–H groups in total. The first-order valence-corrected chi connectivity index (χ1v) is 23.3. The van der Waals surface area contributed by atoms with Gasteiger partial charge in [-0.1, -0.05) is 166 Å². The van der Waals surface area contributed by atoms with Crippen molar-refractivity contribution >= 4 is 19.8 Å². The van der Waals surface area contributed by atoms with Gasteiger partial charge in [-0.05, 0) is 70.6 Å². The van der Waals surface area contributed by atoms with Crippen LogP contribution in [0.15, 0.2) is 36.5 Å². The normalized spacial score (nSPS) is 12.8. The number of allylic oxidation sites excluding steroid dienone is 6. The Hall–Kier alpha value is -1.73. The van der Waals surface area contributed by atoms with Gasteiger partial charge < -0.3 is 19.3 Å². The first-order chi connectivity index (χ1) is 25.8. The van der Waals surface area contributed by atoms with Gasteiger partial charge in [-0.3, -0.25) is 14.1 Å². The number of hydrogen-bond acceptors (Lipinski definition) is 6. The average molecular weight is 769 g/mol. The van der Waals surface area contributed by atoms with E-state index < -0.39 is 32.5 Å². The van der Waals surface area contributed by atoms with E-state index in [-0.39, 0.29) is 19.4 Å². The number of hydrogen-bond donors (Lipinski definition) is 2. The highest BCUT2D eigenvalue weighted by atomic mass is 31.2. The highest BCUT2D eigenvalue weighted by Crippen LogP contribution is 2.36. The molecule has 0 aliphatic carbocycles. The minimum Gasteiger partial charge on any atom is -0.462 e. The van der Waals surface area contributed by atoms with Gasteiger partial charge in [0.25, 0.3) is 0 Å². The number of ether oxygens (including phenoxy) is 2. The summed E-state index contributed by atoms with van der Waals surface area (Å²) in [4.78, 5) is 42.9. The predicted molar refractivity (Wildman–Crippen MR) is 221 cm³/mol. The zero-order chi connectivity index (χ0) is 38.9. The summed E-state index contributed by atoms with van der Waals surface area (Å²) >= 11 is 0. The molecule has 0 aromatic carbocycles. The molecule has 0 aromatic rings. The molecule has 1 atom stereocenters. The third-order valence-corrected chi connectivity index (χ3v) is 9.87. The maximum Gasteiger partial charge on any atom is 0.469 e. The van der Waals surface area contributed by atoms with Crippen molar-refractivity contribution in [2.45, 2.75) is 219 Å². The molecule has 0 heterocycles. The molecule has 9 heteroatoms. The summed E-state index contributed by atoms with van der Waals surface area (Å²) in [7, 11) is -4.76. The summed E-state index contributed by atoms with van der Waals surface area (Å²) in [6.07, 6.45) is 47.2. The Bertz CT molecular complexity index is 957. The van der Waals surface area contributed by atoms with Crippen LogP contribution >= 0.6 is 7.82 Å². The lowest BCUT2D eigenvalue weighted by atomic mass is 10.1. The number of carbonyl (C=O) groups excluding carboxylic acids is 2. The Morgan fingerprint density at radius 2 is 0.849 bits per heavy atom. The second kappa shape index (κ2) is 39.9. The molecule has 0 spiro atoms. The fraction of sp³-hybridized carbons (Fsp3) is 0.818. The van der Waals surface area contributed by atoms with Crippen molar-refractivity contribution in [1.82, 2.24) is 0 Å². The van der Waals surface area contributed by atoms with Crippen molar-refractivity contribution in [2.24, 2.45) is 0 Å². The molecular formula is C44H81O8P. The number of rotatable bonds is 40. The third-order valence-electron chi connectivity index (χ3n) is 9.38. The van der Waals surface area contributed by atoms with E-state index >= 15 is 0 Å². The number of phosphoric ester groups is 1. The summed E-state index contributed by atoms with van der Waals surface area (Å²) in [6.45, 7) is 3.66. The van der Waals surface area contributed by atoms with Crippen LogP contribution in [0.4, 0.5) is 0 Å². The van der Waals surface area contributed by atoms with E-state index in [2.05, 4.69) is 54.8 Å². The lowest BCUT2D eigenvalue weighted by Crippen LogP contribution is -2.29. The Morgan fingerprint density at radius 3 is 1.28 bits per heavy atom. The molecule has 0 radical (unpaired) electrons. The number of esters is 2. The largest absolute Gasteiger partial charge is 0.469 e. The lowest BCUT2D eigenvalue weighted by molar-refractivity contribution is -0.161. The van der Waals surface area contributed by atoms with Gasteiger partial charge in [0.1, 0.15) is 6.61 Å². The van der Waals surface area contributed by atoms with Gasteiger partial charge in [-0.2, -0.15) is 0 Å². The van der Waals surface area contributed by atoms with Crippen molar-refractivity contribution in [1.29, 1.82) is 0 Å². The Balaban J connectivity index is 3.91. The highest BCUT2D eigenvalue weighted by Gasteiger charge is 2.22. The molecule has 0 aromatic heterocycles. The molecule has 0 aliphatic rings. The molecule has 310 valence electrons. The molecular weight excluding hydrogens is 687 g/mol. The van der Waals surface area contributed by atoms with Crippen LogP contribution in [0.3, 0.4) is 0 Å².